The van der Waals surface area contributed by atoms with Crippen molar-refractivity contribution in [1.82, 2.24) is 20.3 Å². The van der Waals surface area contributed by atoms with Gasteiger partial charge in [0.2, 0.25) is 0 Å². The number of halogens is 3. The molecule has 2 aromatic rings. The first kappa shape index (κ1) is 14.1. The Kier molecular flexibility index (Phi) is 3.71. The van der Waals surface area contributed by atoms with Gasteiger partial charge in [0.15, 0.2) is 5.69 Å². The zero-order valence-electron chi connectivity index (χ0n) is 11.2. The minimum atomic E-state index is -4.40. The lowest BCUT2D eigenvalue weighted by Gasteiger charge is -2.31. The number of nitrogens with one attached hydrogen (secondary N) is 1. The second-order valence-electron chi connectivity index (χ2n) is 5.27. The van der Waals surface area contributed by atoms with Gasteiger partial charge in [0.25, 0.3) is 0 Å². The van der Waals surface area contributed by atoms with Crippen LogP contribution in [0.25, 0.3) is 0 Å². The molecule has 1 N–H and O–H groups in total. The first-order chi connectivity index (χ1) is 10.0. The molecule has 0 radical (unpaired) electrons. The van der Waals surface area contributed by atoms with Gasteiger partial charge in [-0.3, -0.25) is 10.00 Å². The fourth-order valence-corrected chi connectivity index (χ4v) is 2.69. The number of piperidine rings is 1. The van der Waals surface area contributed by atoms with E-state index in [4.69, 9.17) is 4.52 Å². The summed E-state index contributed by atoms with van der Waals surface area (Å²) in [7, 11) is 0. The zero-order valence-corrected chi connectivity index (χ0v) is 11.2. The van der Waals surface area contributed by atoms with Crippen LogP contribution in [0.15, 0.2) is 22.9 Å². The van der Waals surface area contributed by atoms with E-state index in [1.807, 2.05) is 0 Å². The summed E-state index contributed by atoms with van der Waals surface area (Å²) in [5.74, 6) is 0.0363. The topological polar surface area (TPSA) is 58.0 Å². The Morgan fingerprint density at radius 1 is 1.43 bits per heavy atom. The average Bonchev–Trinajstić information content (AvgIpc) is 3.09. The number of rotatable bonds is 3. The highest BCUT2D eigenvalue weighted by Gasteiger charge is 2.35. The molecule has 3 heterocycles. The third-order valence-corrected chi connectivity index (χ3v) is 3.71. The van der Waals surface area contributed by atoms with E-state index < -0.39 is 11.9 Å². The van der Waals surface area contributed by atoms with Crippen molar-refractivity contribution in [3.8, 4) is 0 Å². The van der Waals surface area contributed by atoms with Gasteiger partial charge in [-0.05, 0) is 25.5 Å². The number of hydrogen-bond donors (Lipinski definition) is 1. The number of nitrogens with zero attached hydrogens (tertiary/aromatic N) is 3. The standard InChI is InChI=1S/C13H15F3N4O/c14-13(15,16)12-6-11(17-18-12)9-2-1-4-20(7-9)8-10-3-5-21-19-10/h3,5-6,9H,1-2,4,7-8H2,(H,17,18)/t9-/m0/s1. The largest absolute Gasteiger partial charge is 0.435 e. The van der Waals surface area contributed by atoms with Gasteiger partial charge >= 0.3 is 6.18 Å². The molecule has 114 valence electrons. The first-order valence-corrected chi connectivity index (χ1v) is 6.76. The molecule has 1 atom stereocenters. The molecule has 0 aliphatic carbocycles. The van der Waals surface area contributed by atoms with Crippen LogP contribution in [0.4, 0.5) is 13.2 Å². The van der Waals surface area contributed by atoms with Gasteiger partial charge in [0, 0.05) is 30.8 Å². The molecule has 1 aliphatic rings. The summed E-state index contributed by atoms with van der Waals surface area (Å²) in [4.78, 5) is 2.17. The second-order valence-corrected chi connectivity index (χ2v) is 5.27. The molecule has 0 spiro atoms. The Morgan fingerprint density at radius 2 is 2.29 bits per heavy atom. The van der Waals surface area contributed by atoms with E-state index in [1.165, 1.54) is 6.26 Å². The Hall–Kier alpha value is -1.83. The van der Waals surface area contributed by atoms with Gasteiger partial charge in [-0.25, -0.2) is 0 Å². The van der Waals surface area contributed by atoms with Crippen LogP contribution in [0, 0.1) is 0 Å². The predicted molar refractivity (Wildman–Crippen MR) is 67.3 cm³/mol. The number of aromatic nitrogens is 3. The van der Waals surface area contributed by atoms with E-state index in [2.05, 4.69) is 20.3 Å². The third kappa shape index (κ3) is 3.26. The SMILES string of the molecule is FC(F)(F)c1cc([C@H]2CCCN(Cc3ccon3)C2)[nH]n1. The zero-order chi connectivity index (χ0) is 14.9. The lowest BCUT2D eigenvalue weighted by atomic mass is 9.94. The van der Waals surface area contributed by atoms with E-state index in [9.17, 15) is 13.2 Å². The number of H-pyrrole nitrogens is 1. The Labute approximate surface area is 119 Å². The van der Waals surface area contributed by atoms with E-state index in [-0.39, 0.29) is 5.92 Å². The number of aromatic amines is 1. The van der Waals surface area contributed by atoms with Crippen molar-refractivity contribution in [3.63, 3.8) is 0 Å². The summed E-state index contributed by atoms with van der Waals surface area (Å²) in [5.41, 5.74) is 0.523. The highest BCUT2D eigenvalue weighted by molar-refractivity contribution is 5.16. The highest BCUT2D eigenvalue weighted by Crippen LogP contribution is 2.32. The van der Waals surface area contributed by atoms with Crippen LogP contribution in [-0.4, -0.2) is 33.3 Å². The molecule has 1 aliphatic heterocycles. The summed E-state index contributed by atoms with van der Waals surface area (Å²) >= 11 is 0. The molecule has 0 amide bonds. The maximum absolute atomic E-state index is 12.6. The molecule has 1 fully saturated rings. The van der Waals surface area contributed by atoms with Crippen LogP contribution in [0.1, 0.15) is 35.8 Å². The maximum Gasteiger partial charge on any atom is 0.435 e. The van der Waals surface area contributed by atoms with Crippen LogP contribution < -0.4 is 0 Å². The molecule has 8 heteroatoms. The minimum Gasteiger partial charge on any atom is -0.364 e. The Morgan fingerprint density at radius 3 is 2.95 bits per heavy atom. The van der Waals surface area contributed by atoms with Gasteiger partial charge in [0.1, 0.15) is 6.26 Å². The Bertz CT molecular complexity index is 579. The van der Waals surface area contributed by atoms with Crippen LogP contribution in [0.5, 0.6) is 0 Å². The van der Waals surface area contributed by atoms with Gasteiger partial charge in [-0.2, -0.15) is 18.3 Å². The maximum atomic E-state index is 12.6. The van der Waals surface area contributed by atoms with E-state index in [0.717, 1.165) is 31.1 Å². The molecule has 1 saturated heterocycles. The Balaban J connectivity index is 1.67. The minimum absolute atomic E-state index is 0.0363. The predicted octanol–water partition coefficient (Wildman–Crippen LogP) is 2.80. The van der Waals surface area contributed by atoms with E-state index >= 15 is 0 Å². The summed E-state index contributed by atoms with van der Waals surface area (Å²) < 4.78 is 42.5. The first-order valence-electron chi connectivity index (χ1n) is 6.76. The fraction of sp³-hybridized carbons (Fsp3) is 0.538. The molecule has 3 rings (SSSR count). The lowest BCUT2D eigenvalue weighted by Crippen LogP contribution is -2.34. The molecular weight excluding hydrogens is 285 g/mol. The molecule has 0 bridgehead atoms. The molecule has 0 saturated carbocycles. The number of alkyl halides is 3. The summed E-state index contributed by atoms with van der Waals surface area (Å²) in [6.45, 7) is 2.24. The second kappa shape index (κ2) is 5.51. The molecular formula is C13H15F3N4O. The average molecular weight is 300 g/mol. The summed E-state index contributed by atoms with van der Waals surface area (Å²) in [5, 5.41) is 9.76. The molecule has 2 aromatic heterocycles. The van der Waals surface area contributed by atoms with Crippen molar-refractivity contribution in [2.24, 2.45) is 0 Å². The van der Waals surface area contributed by atoms with Crippen molar-refractivity contribution >= 4 is 0 Å². The normalized spacial score (nSPS) is 20.8. The van der Waals surface area contributed by atoms with Crippen molar-refractivity contribution in [3.05, 3.63) is 35.5 Å². The van der Waals surface area contributed by atoms with Gasteiger partial charge < -0.3 is 4.52 Å². The van der Waals surface area contributed by atoms with Gasteiger partial charge in [0.05, 0.1) is 5.69 Å². The van der Waals surface area contributed by atoms with Gasteiger partial charge in [-0.15, -0.1) is 0 Å². The highest BCUT2D eigenvalue weighted by atomic mass is 19.4. The smallest absolute Gasteiger partial charge is 0.364 e. The molecule has 0 unspecified atom stereocenters. The summed E-state index contributed by atoms with van der Waals surface area (Å²) in [6, 6.07) is 2.91. The van der Waals surface area contributed by atoms with Crippen LogP contribution >= 0.6 is 0 Å². The van der Waals surface area contributed by atoms with Crippen molar-refractivity contribution in [2.45, 2.75) is 31.5 Å². The van der Waals surface area contributed by atoms with Crippen LogP contribution in [0.2, 0.25) is 0 Å². The lowest BCUT2D eigenvalue weighted by molar-refractivity contribution is -0.141. The molecule has 21 heavy (non-hydrogen) atoms. The summed E-state index contributed by atoms with van der Waals surface area (Å²) in [6.07, 6.45) is -1.09. The van der Waals surface area contributed by atoms with Crippen molar-refractivity contribution in [1.29, 1.82) is 0 Å². The third-order valence-electron chi connectivity index (χ3n) is 3.71. The van der Waals surface area contributed by atoms with E-state index in [0.29, 0.717) is 18.8 Å². The monoisotopic (exact) mass is 300 g/mol. The van der Waals surface area contributed by atoms with E-state index in [1.54, 1.807) is 6.07 Å². The van der Waals surface area contributed by atoms with Gasteiger partial charge in [-0.1, -0.05) is 5.16 Å². The quantitative estimate of drug-likeness (QED) is 0.947. The van der Waals surface area contributed by atoms with Crippen molar-refractivity contribution in [2.75, 3.05) is 13.1 Å². The van der Waals surface area contributed by atoms with Crippen LogP contribution in [0.3, 0.4) is 0 Å². The van der Waals surface area contributed by atoms with Crippen LogP contribution in [-0.2, 0) is 12.7 Å². The number of hydrogen-bond acceptors (Lipinski definition) is 4. The van der Waals surface area contributed by atoms with Crippen molar-refractivity contribution < 1.29 is 17.7 Å². The molecule has 5 nitrogen and oxygen atoms in total. The molecule has 0 aromatic carbocycles. The number of likely N-dealkylation sites (tertiary alicyclic amines) is 1. The fourth-order valence-electron chi connectivity index (χ4n) is 2.69.